The molecule has 0 bridgehead atoms. The van der Waals surface area contributed by atoms with Crippen LogP contribution in [0.15, 0.2) is 58.5 Å². The Morgan fingerprint density at radius 3 is 2.62 bits per heavy atom. The van der Waals surface area contributed by atoms with Gasteiger partial charge in [0.1, 0.15) is 24.0 Å². The minimum atomic E-state index is -1.17. The van der Waals surface area contributed by atoms with Gasteiger partial charge in [-0.05, 0) is 67.4 Å². The Labute approximate surface area is 201 Å². The van der Waals surface area contributed by atoms with Crippen LogP contribution in [0.1, 0.15) is 34.4 Å². The van der Waals surface area contributed by atoms with Crippen LogP contribution in [0.5, 0.6) is 11.5 Å². The van der Waals surface area contributed by atoms with Crippen LogP contribution in [-0.2, 0) is 11.4 Å². The zero-order chi connectivity index (χ0) is 24.7. The molecule has 1 aromatic heterocycles. The zero-order valence-corrected chi connectivity index (χ0v) is 19.2. The minimum Gasteiger partial charge on any atom is -0.490 e. The van der Waals surface area contributed by atoms with E-state index >= 15 is 0 Å². The third-order valence-corrected chi connectivity index (χ3v) is 4.87. The Bertz CT molecular complexity index is 1290. The second kappa shape index (κ2) is 11.1. The lowest BCUT2D eigenvalue weighted by Crippen LogP contribution is -2.14. The maximum absolute atomic E-state index is 12.6. The highest BCUT2D eigenvalue weighted by Gasteiger charge is 2.14. The van der Waals surface area contributed by atoms with Gasteiger partial charge in [0.25, 0.3) is 5.91 Å². The molecule has 8 nitrogen and oxygen atoms in total. The second-order valence-electron chi connectivity index (χ2n) is 7.08. The molecule has 0 radical (unpaired) electrons. The number of nitriles is 1. The highest BCUT2D eigenvalue weighted by atomic mass is 35.5. The summed E-state index contributed by atoms with van der Waals surface area (Å²) >= 11 is 6.00. The van der Waals surface area contributed by atoms with Gasteiger partial charge in [0, 0.05) is 10.7 Å². The molecular formula is C25H21ClN2O6. The third kappa shape index (κ3) is 6.18. The number of hydrogen-bond donors (Lipinski definition) is 2. The van der Waals surface area contributed by atoms with Gasteiger partial charge in [-0.1, -0.05) is 23.7 Å². The van der Waals surface area contributed by atoms with Crippen molar-refractivity contribution >= 4 is 35.2 Å². The molecular weight excluding hydrogens is 460 g/mol. The van der Waals surface area contributed by atoms with Crippen molar-refractivity contribution in [1.82, 2.24) is 0 Å². The summed E-state index contributed by atoms with van der Waals surface area (Å²) in [6.07, 6.45) is 1.44. The number of amides is 1. The summed E-state index contributed by atoms with van der Waals surface area (Å²) in [5.41, 5.74) is 1.77. The van der Waals surface area contributed by atoms with Crippen LogP contribution in [0.2, 0.25) is 5.02 Å². The smallest absolute Gasteiger partial charge is 0.371 e. The molecule has 3 aromatic rings. The van der Waals surface area contributed by atoms with E-state index in [4.69, 9.17) is 30.6 Å². The van der Waals surface area contributed by atoms with Crippen molar-refractivity contribution < 1.29 is 28.6 Å². The van der Waals surface area contributed by atoms with Crippen molar-refractivity contribution in [2.45, 2.75) is 20.5 Å². The molecule has 0 fully saturated rings. The number of nitrogens with one attached hydrogen (secondary N) is 1. The predicted octanol–water partition coefficient (Wildman–Crippen LogP) is 5.46. The second-order valence-corrected chi connectivity index (χ2v) is 7.52. The van der Waals surface area contributed by atoms with Crippen LogP contribution in [0.4, 0.5) is 5.69 Å². The minimum absolute atomic E-state index is 0.00657. The summed E-state index contributed by atoms with van der Waals surface area (Å²) in [7, 11) is 0. The summed E-state index contributed by atoms with van der Waals surface area (Å²) in [6.45, 7) is 3.97. The standard InChI is InChI=1S/C25H21ClN2O6/c1-3-32-23-11-16(5-8-21(23)33-14-19-7-9-22(34-19)25(30)31)10-17(13-27)24(29)28-20-12-18(26)6-4-15(20)2/h4-12H,3,14H2,1-2H3,(H,28,29)(H,30,31). The summed E-state index contributed by atoms with van der Waals surface area (Å²) in [5, 5.41) is 21.6. The van der Waals surface area contributed by atoms with Crippen molar-refractivity contribution in [3.05, 3.63) is 81.8 Å². The Morgan fingerprint density at radius 2 is 1.94 bits per heavy atom. The largest absolute Gasteiger partial charge is 0.490 e. The summed E-state index contributed by atoms with van der Waals surface area (Å²) in [6, 6.07) is 14.8. The molecule has 0 saturated carbocycles. The first-order valence-electron chi connectivity index (χ1n) is 10.2. The first-order chi connectivity index (χ1) is 16.3. The number of nitrogens with zero attached hydrogens (tertiary/aromatic N) is 1. The Kier molecular flexibility index (Phi) is 7.96. The van der Waals surface area contributed by atoms with E-state index in [0.717, 1.165) is 5.56 Å². The number of rotatable bonds is 9. The molecule has 174 valence electrons. The van der Waals surface area contributed by atoms with Crippen molar-refractivity contribution in [3.8, 4) is 17.6 Å². The van der Waals surface area contributed by atoms with E-state index in [0.29, 0.717) is 40.1 Å². The number of hydrogen-bond acceptors (Lipinski definition) is 6. The number of aryl methyl sites for hydroxylation is 1. The van der Waals surface area contributed by atoms with Gasteiger partial charge in [-0.2, -0.15) is 5.26 Å². The van der Waals surface area contributed by atoms with Crippen LogP contribution in [0, 0.1) is 18.3 Å². The SMILES string of the molecule is CCOc1cc(C=C(C#N)C(=O)Nc2cc(Cl)ccc2C)ccc1OCc1ccc(C(=O)O)o1. The lowest BCUT2D eigenvalue weighted by molar-refractivity contribution is -0.112. The molecule has 2 N–H and O–H groups in total. The van der Waals surface area contributed by atoms with E-state index in [1.807, 2.05) is 13.0 Å². The molecule has 1 heterocycles. The van der Waals surface area contributed by atoms with E-state index in [9.17, 15) is 14.9 Å². The van der Waals surface area contributed by atoms with E-state index in [2.05, 4.69) is 5.32 Å². The molecule has 0 aliphatic carbocycles. The van der Waals surface area contributed by atoms with E-state index in [1.165, 1.54) is 18.2 Å². The number of ether oxygens (including phenoxy) is 2. The van der Waals surface area contributed by atoms with Crippen LogP contribution in [-0.4, -0.2) is 23.6 Å². The van der Waals surface area contributed by atoms with Gasteiger partial charge in [0.05, 0.1) is 6.61 Å². The fourth-order valence-corrected chi connectivity index (χ4v) is 3.13. The number of carboxylic acids is 1. The topological polar surface area (TPSA) is 122 Å². The van der Waals surface area contributed by atoms with Crippen LogP contribution < -0.4 is 14.8 Å². The molecule has 2 aromatic carbocycles. The van der Waals surface area contributed by atoms with E-state index in [1.54, 1.807) is 43.3 Å². The number of carbonyl (C=O) groups excluding carboxylic acids is 1. The fourth-order valence-electron chi connectivity index (χ4n) is 2.96. The Hall–Kier alpha value is -4.22. The van der Waals surface area contributed by atoms with Crippen LogP contribution >= 0.6 is 11.6 Å². The summed E-state index contributed by atoms with van der Waals surface area (Å²) < 4.78 is 16.5. The quantitative estimate of drug-likeness (QED) is 0.308. The maximum atomic E-state index is 12.6. The molecule has 9 heteroatoms. The average molecular weight is 481 g/mol. The Morgan fingerprint density at radius 1 is 1.15 bits per heavy atom. The molecule has 0 saturated heterocycles. The van der Waals surface area contributed by atoms with Gasteiger partial charge in [-0.15, -0.1) is 0 Å². The molecule has 1 amide bonds. The van der Waals surface area contributed by atoms with Gasteiger partial charge in [0.15, 0.2) is 11.5 Å². The Balaban J connectivity index is 1.78. The van der Waals surface area contributed by atoms with Crippen LogP contribution in [0.3, 0.4) is 0 Å². The first-order valence-corrected chi connectivity index (χ1v) is 10.6. The number of halogens is 1. The number of carbonyl (C=O) groups is 2. The van der Waals surface area contributed by atoms with Crippen molar-refractivity contribution in [2.75, 3.05) is 11.9 Å². The van der Waals surface area contributed by atoms with Gasteiger partial charge in [-0.25, -0.2) is 4.79 Å². The van der Waals surface area contributed by atoms with Gasteiger partial charge < -0.3 is 24.3 Å². The first kappa shape index (κ1) is 24.4. The number of anilines is 1. The molecule has 0 aliphatic rings. The maximum Gasteiger partial charge on any atom is 0.371 e. The van der Waals surface area contributed by atoms with Crippen LogP contribution in [0.25, 0.3) is 6.08 Å². The monoisotopic (exact) mass is 480 g/mol. The van der Waals surface area contributed by atoms with Gasteiger partial charge >= 0.3 is 5.97 Å². The molecule has 0 atom stereocenters. The molecule has 0 spiro atoms. The fraction of sp³-hybridized carbons (Fsp3) is 0.160. The highest BCUT2D eigenvalue weighted by molar-refractivity contribution is 6.31. The van der Waals surface area contributed by atoms with Crippen molar-refractivity contribution in [2.24, 2.45) is 0 Å². The van der Waals surface area contributed by atoms with Crippen molar-refractivity contribution in [1.29, 1.82) is 5.26 Å². The normalized spacial score (nSPS) is 10.9. The summed E-state index contributed by atoms with van der Waals surface area (Å²) in [5.74, 6) is -0.796. The summed E-state index contributed by atoms with van der Waals surface area (Å²) in [4.78, 5) is 23.6. The van der Waals surface area contributed by atoms with Crippen molar-refractivity contribution in [3.63, 3.8) is 0 Å². The molecule has 0 unspecified atom stereocenters. The number of aromatic carboxylic acids is 1. The zero-order valence-electron chi connectivity index (χ0n) is 18.4. The van der Waals surface area contributed by atoms with E-state index < -0.39 is 11.9 Å². The lowest BCUT2D eigenvalue weighted by atomic mass is 10.1. The number of furan rings is 1. The predicted molar refractivity (Wildman–Crippen MR) is 126 cm³/mol. The molecule has 0 aliphatic heterocycles. The van der Waals surface area contributed by atoms with Gasteiger partial charge in [0.2, 0.25) is 5.76 Å². The number of benzene rings is 2. The highest BCUT2D eigenvalue weighted by Crippen LogP contribution is 2.30. The van der Waals surface area contributed by atoms with Gasteiger partial charge in [-0.3, -0.25) is 4.79 Å². The molecule has 3 rings (SSSR count). The average Bonchev–Trinajstić information content (AvgIpc) is 3.29. The molecule has 34 heavy (non-hydrogen) atoms. The number of carboxylic acid groups (broad SMARTS) is 1. The third-order valence-electron chi connectivity index (χ3n) is 4.63. The lowest BCUT2D eigenvalue weighted by Gasteiger charge is -2.12. The van der Waals surface area contributed by atoms with E-state index in [-0.39, 0.29) is 17.9 Å².